The lowest BCUT2D eigenvalue weighted by atomic mass is 9.70. The molecule has 1 aromatic rings. The molecule has 1 aromatic carbocycles. The Morgan fingerprint density at radius 3 is 2.71 bits per heavy atom. The van der Waals surface area contributed by atoms with Crippen molar-refractivity contribution in [3.8, 4) is 0 Å². The highest BCUT2D eigenvalue weighted by Crippen LogP contribution is 2.44. The monoisotopic (exact) mass is 311 g/mol. The Bertz CT molecular complexity index is 508. The van der Waals surface area contributed by atoms with Gasteiger partial charge >= 0.3 is 6.09 Å². The average molecular weight is 312 g/mol. The molecule has 3 N–H and O–H groups in total. The van der Waals surface area contributed by atoms with Crippen molar-refractivity contribution >= 4 is 17.7 Å². The number of primary amides is 1. The molecule has 21 heavy (non-hydrogen) atoms. The molecule has 2 rings (SSSR count). The summed E-state index contributed by atoms with van der Waals surface area (Å²) >= 11 is 6.27. The molecule has 0 heterocycles. The van der Waals surface area contributed by atoms with Gasteiger partial charge in [-0.3, -0.25) is 0 Å². The molecule has 1 fully saturated rings. The lowest BCUT2D eigenvalue weighted by molar-refractivity contribution is -0.0968. The maximum absolute atomic E-state index is 11.3. The van der Waals surface area contributed by atoms with Gasteiger partial charge in [0.2, 0.25) is 0 Å². The second-order valence-electron chi connectivity index (χ2n) is 5.62. The Kier molecular flexibility index (Phi) is 5.12. The van der Waals surface area contributed by atoms with E-state index in [1.54, 1.807) is 6.07 Å². The minimum absolute atomic E-state index is 0.191. The molecule has 1 aliphatic carbocycles. The molecule has 0 saturated heterocycles. The van der Waals surface area contributed by atoms with Crippen LogP contribution >= 0.6 is 11.6 Å². The van der Waals surface area contributed by atoms with Gasteiger partial charge in [-0.05, 0) is 31.7 Å². The van der Waals surface area contributed by atoms with Crippen molar-refractivity contribution in [2.24, 2.45) is 11.7 Å². The molecule has 1 unspecified atom stereocenters. The largest absolute Gasteiger partial charge is 0.446 e. The van der Waals surface area contributed by atoms with E-state index < -0.39 is 11.7 Å². The maximum Gasteiger partial charge on any atom is 0.404 e. The van der Waals surface area contributed by atoms with Crippen LogP contribution in [-0.4, -0.2) is 17.3 Å². The van der Waals surface area contributed by atoms with Gasteiger partial charge in [0.15, 0.2) is 0 Å². The van der Waals surface area contributed by atoms with Gasteiger partial charge in [0.1, 0.15) is 6.10 Å². The lowest BCUT2D eigenvalue weighted by Gasteiger charge is -2.42. The highest BCUT2D eigenvalue weighted by atomic mass is 35.5. The Hall–Kier alpha value is -1.26. The lowest BCUT2D eigenvalue weighted by Crippen LogP contribution is -2.45. The molecule has 0 bridgehead atoms. The number of carbonyl (C=O) groups excluding carboxylic acids is 1. The Balaban J connectivity index is 2.37. The van der Waals surface area contributed by atoms with E-state index >= 15 is 0 Å². The van der Waals surface area contributed by atoms with E-state index in [0.29, 0.717) is 17.0 Å². The van der Waals surface area contributed by atoms with Crippen molar-refractivity contribution in [2.45, 2.75) is 50.7 Å². The number of benzene rings is 1. The minimum atomic E-state index is -1.11. The molecule has 0 spiro atoms. The number of hydrogen-bond donors (Lipinski definition) is 2. The smallest absolute Gasteiger partial charge is 0.404 e. The number of nitrogens with two attached hydrogens (primary N) is 1. The van der Waals surface area contributed by atoms with Crippen LogP contribution in [0.2, 0.25) is 5.02 Å². The molecule has 4 nitrogen and oxygen atoms in total. The van der Waals surface area contributed by atoms with E-state index in [0.717, 1.165) is 25.7 Å². The summed E-state index contributed by atoms with van der Waals surface area (Å²) in [4.78, 5) is 11.1. The molecular formula is C16H22ClNO3. The first-order valence-corrected chi connectivity index (χ1v) is 7.80. The summed E-state index contributed by atoms with van der Waals surface area (Å²) in [6, 6.07) is 7.29. The third kappa shape index (κ3) is 3.33. The summed E-state index contributed by atoms with van der Waals surface area (Å²) in [6.45, 7) is 1.92. The van der Waals surface area contributed by atoms with Crippen molar-refractivity contribution in [1.29, 1.82) is 0 Å². The van der Waals surface area contributed by atoms with Crippen LogP contribution in [0, 0.1) is 5.92 Å². The zero-order valence-electron chi connectivity index (χ0n) is 12.2. The fraction of sp³-hybridized carbons (Fsp3) is 0.562. The molecule has 1 aliphatic rings. The van der Waals surface area contributed by atoms with Crippen LogP contribution < -0.4 is 5.73 Å². The highest BCUT2D eigenvalue weighted by molar-refractivity contribution is 6.31. The van der Waals surface area contributed by atoms with Gasteiger partial charge < -0.3 is 15.6 Å². The number of hydrogen-bond acceptors (Lipinski definition) is 3. The van der Waals surface area contributed by atoms with Gasteiger partial charge in [-0.1, -0.05) is 43.1 Å². The molecular weight excluding hydrogens is 290 g/mol. The predicted octanol–water partition coefficient (Wildman–Crippen LogP) is 3.59. The first kappa shape index (κ1) is 16.1. The zero-order valence-corrected chi connectivity index (χ0v) is 13.0. The molecule has 0 radical (unpaired) electrons. The molecule has 0 aliphatic heterocycles. The van der Waals surface area contributed by atoms with Crippen LogP contribution in [0.4, 0.5) is 4.79 Å². The van der Waals surface area contributed by atoms with Crippen molar-refractivity contribution < 1.29 is 14.6 Å². The van der Waals surface area contributed by atoms with E-state index in [2.05, 4.69) is 0 Å². The van der Waals surface area contributed by atoms with Crippen LogP contribution in [0.25, 0.3) is 0 Å². The van der Waals surface area contributed by atoms with Gasteiger partial charge in [0, 0.05) is 16.5 Å². The summed E-state index contributed by atoms with van der Waals surface area (Å²) in [5, 5.41) is 11.8. The zero-order chi connectivity index (χ0) is 15.5. The third-order valence-electron chi connectivity index (χ3n) is 4.46. The first-order chi connectivity index (χ1) is 9.99. The summed E-state index contributed by atoms with van der Waals surface area (Å²) < 4.78 is 5.25. The second-order valence-corrected chi connectivity index (χ2v) is 6.03. The number of carbonyl (C=O) groups is 1. The van der Waals surface area contributed by atoms with E-state index in [4.69, 9.17) is 22.1 Å². The number of amides is 1. The Labute approximate surface area is 130 Å². The number of halogens is 1. The van der Waals surface area contributed by atoms with Crippen molar-refractivity contribution in [3.05, 3.63) is 34.9 Å². The van der Waals surface area contributed by atoms with Crippen molar-refractivity contribution in [3.63, 3.8) is 0 Å². The van der Waals surface area contributed by atoms with Crippen molar-refractivity contribution in [1.82, 2.24) is 0 Å². The normalized spacial score (nSPS) is 25.1. The quantitative estimate of drug-likeness (QED) is 0.892. The summed E-state index contributed by atoms with van der Waals surface area (Å²) in [6.07, 6.45) is 2.82. The Morgan fingerprint density at radius 1 is 1.43 bits per heavy atom. The molecule has 5 heteroatoms. The molecule has 3 atom stereocenters. The number of rotatable bonds is 4. The van der Waals surface area contributed by atoms with E-state index in [1.165, 1.54) is 0 Å². The average Bonchev–Trinajstić information content (AvgIpc) is 2.47. The van der Waals surface area contributed by atoms with Crippen LogP contribution in [0.3, 0.4) is 0 Å². The first-order valence-electron chi connectivity index (χ1n) is 7.42. The van der Waals surface area contributed by atoms with Crippen molar-refractivity contribution in [2.75, 3.05) is 0 Å². The van der Waals surface area contributed by atoms with E-state index in [9.17, 15) is 9.90 Å². The summed E-state index contributed by atoms with van der Waals surface area (Å²) in [7, 11) is 0. The van der Waals surface area contributed by atoms with Gasteiger partial charge in [0.25, 0.3) is 0 Å². The van der Waals surface area contributed by atoms with Crippen LogP contribution in [0.15, 0.2) is 24.3 Å². The highest BCUT2D eigenvalue weighted by Gasteiger charge is 2.45. The Morgan fingerprint density at radius 2 is 2.10 bits per heavy atom. The number of ether oxygens (including phenoxy) is 1. The van der Waals surface area contributed by atoms with Gasteiger partial charge in [-0.15, -0.1) is 0 Å². The molecule has 1 saturated carbocycles. The topological polar surface area (TPSA) is 72.6 Å². The summed E-state index contributed by atoms with van der Waals surface area (Å²) in [5.41, 5.74) is 4.75. The van der Waals surface area contributed by atoms with Crippen LogP contribution in [0.5, 0.6) is 0 Å². The molecule has 0 aromatic heterocycles. The van der Waals surface area contributed by atoms with Gasteiger partial charge in [-0.2, -0.15) is 0 Å². The second kappa shape index (κ2) is 6.67. The maximum atomic E-state index is 11.3. The predicted molar refractivity (Wildman–Crippen MR) is 82.1 cm³/mol. The molecule has 116 valence electrons. The SMILES string of the molecule is CC[C@@](O)(c1ccccc1Cl)[C@H]1CCCCC1OC(N)=O. The minimum Gasteiger partial charge on any atom is -0.446 e. The van der Waals surface area contributed by atoms with Gasteiger partial charge in [0.05, 0.1) is 5.60 Å². The van der Waals surface area contributed by atoms with E-state index in [1.807, 2.05) is 25.1 Å². The summed E-state index contributed by atoms with van der Waals surface area (Å²) in [5.74, 6) is -0.191. The fourth-order valence-corrected chi connectivity index (χ4v) is 3.70. The van der Waals surface area contributed by atoms with Gasteiger partial charge in [-0.25, -0.2) is 4.79 Å². The van der Waals surface area contributed by atoms with Crippen LogP contribution in [-0.2, 0) is 10.3 Å². The van der Waals surface area contributed by atoms with Crippen LogP contribution in [0.1, 0.15) is 44.6 Å². The molecule has 1 amide bonds. The number of aliphatic hydroxyl groups is 1. The third-order valence-corrected chi connectivity index (χ3v) is 4.79. The van der Waals surface area contributed by atoms with E-state index in [-0.39, 0.29) is 12.0 Å². The standard InChI is InChI=1S/C16H22ClNO3/c1-2-16(20,11-7-3-5-9-13(11)17)12-8-4-6-10-14(12)21-15(18)19/h3,5,7,9,12,14,20H,2,4,6,8,10H2,1H3,(H2,18,19)/t12-,14?,16+/m0/s1. The fourth-order valence-electron chi connectivity index (χ4n) is 3.40.